The Morgan fingerprint density at radius 3 is 2.71 bits per heavy atom. The molecule has 0 saturated heterocycles. The molecule has 49 heavy (non-hydrogen) atoms. The van der Waals surface area contributed by atoms with Gasteiger partial charge >= 0.3 is 0 Å². The molecule has 13 heteroatoms. The maximum Gasteiger partial charge on any atom is 0.286 e. The van der Waals surface area contributed by atoms with Crippen molar-refractivity contribution in [2.45, 2.75) is 56.7 Å². The molecule has 0 radical (unpaired) electrons. The zero-order valence-electron chi connectivity index (χ0n) is 27.6. The van der Waals surface area contributed by atoms with Crippen LogP contribution in [0.1, 0.15) is 64.4 Å². The van der Waals surface area contributed by atoms with Crippen LogP contribution in [0.15, 0.2) is 65.3 Å². The summed E-state index contributed by atoms with van der Waals surface area (Å²) in [7, 11) is -2.08. The SMILES string of the molecule is C[C@@H]1CS(=O)(NC(=O)c2cnn(C)c2)=NC(=O)c2ccc3c(c2)N(C[C@@H]2CC[C@H]2[C@@H](O)/C=C/[C@@H]1O)C[C@@]1(CCCc2cc(Cl)ccc21)CO3. The van der Waals surface area contributed by atoms with Crippen molar-refractivity contribution >= 4 is 39.0 Å². The second kappa shape index (κ2) is 13.2. The van der Waals surface area contributed by atoms with Gasteiger partial charge in [0.2, 0.25) is 0 Å². The number of rotatable bonds is 2. The van der Waals surface area contributed by atoms with Gasteiger partial charge in [-0.25, -0.2) is 4.21 Å². The predicted molar refractivity (Wildman–Crippen MR) is 187 cm³/mol. The molecule has 2 aliphatic heterocycles. The van der Waals surface area contributed by atoms with E-state index in [-0.39, 0.29) is 34.1 Å². The number of carbonyl (C=O) groups is 2. The molecule has 11 nitrogen and oxygen atoms in total. The van der Waals surface area contributed by atoms with Crippen molar-refractivity contribution in [3.8, 4) is 5.75 Å². The lowest BCUT2D eigenvalue weighted by atomic mass is 9.68. The number of fused-ring (bicyclic) bond motifs is 4. The number of halogens is 1. The minimum atomic E-state index is -3.73. The standard InChI is InChI=1S/C36H42ClN5O6S/c1-22-19-49(47,40-35(46)26-16-38-41(2)17-26)39-34(45)24-6-12-33-30(15-24)42(18-25-5-8-28(25)32(44)11-10-31(22)43)20-36(21-48-33)13-3-4-23-14-27(37)7-9-29(23)36/h6-7,9-12,14-17,22,25,28,31-32,43-44H,3-5,8,13,18-21H2,1-2H3,(H,39,40,45,46,47)/b11-10+/t22-,25+,28-,31+,32+,36+,49?/m1/s1. The molecule has 260 valence electrons. The Morgan fingerprint density at radius 1 is 1.14 bits per heavy atom. The van der Waals surface area contributed by atoms with Gasteiger partial charge in [0.05, 0.1) is 42.0 Å². The Balaban J connectivity index is 1.31. The normalized spacial score (nSPS) is 32.1. The van der Waals surface area contributed by atoms with E-state index in [2.05, 4.69) is 25.1 Å². The van der Waals surface area contributed by atoms with E-state index in [1.807, 2.05) is 12.1 Å². The summed E-state index contributed by atoms with van der Waals surface area (Å²) in [4.78, 5) is 29.3. The summed E-state index contributed by atoms with van der Waals surface area (Å²) in [5.74, 6) is -1.64. The maximum absolute atomic E-state index is 14.4. The quantitative estimate of drug-likeness (QED) is 0.331. The number of nitrogens with zero attached hydrogens (tertiary/aromatic N) is 4. The van der Waals surface area contributed by atoms with Gasteiger partial charge < -0.3 is 19.8 Å². The average molecular weight is 708 g/mol. The van der Waals surface area contributed by atoms with Crippen molar-refractivity contribution in [3.63, 3.8) is 0 Å². The third-order valence-corrected chi connectivity index (χ3v) is 12.9. The van der Waals surface area contributed by atoms with E-state index in [1.54, 1.807) is 38.2 Å². The van der Waals surface area contributed by atoms with Gasteiger partial charge in [-0.2, -0.15) is 5.10 Å². The molecule has 4 aliphatic rings. The van der Waals surface area contributed by atoms with Crippen molar-refractivity contribution in [1.29, 1.82) is 0 Å². The third kappa shape index (κ3) is 6.75. The van der Waals surface area contributed by atoms with Crippen molar-refractivity contribution in [3.05, 3.63) is 88.2 Å². The number of aryl methyl sites for hydroxylation is 2. The highest BCUT2D eigenvalue weighted by Crippen LogP contribution is 2.46. The van der Waals surface area contributed by atoms with E-state index in [0.29, 0.717) is 30.5 Å². The van der Waals surface area contributed by atoms with Crippen LogP contribution < -0.4 is 14.4 Å². The van der Waals surface area contributed by atoms with Crippen molar-refractivity contribution in [2.24, 2.45) is 29.2 Å². The Labute approximate surface area is 291 Å². The molecule has 1 spiro atoms. The van der Waals surface area contributed by atoms with E-state index in [4.69, 9.17) is 16.3 Å². The minimum absolute atomic E-state index is 0.0181. The number of aliphatic hydroxyl groups is 2. The molecule has 1 unspecified atom stereocenters. The molecular weight excluding hydrogens is 666 g/mol. The van der Waals surface area contributed by atoms with Crippen LogP contribution in [0.5, 0.6) is 5.75 Å². The highest BCUT2D eigenvalue weighted by molar-refractivity contribution is 7.92. The monoisotopic (exact) mass is 707 g/mol. The fourth-order valence-electron chi connectivity index (χ4n) is 7.85. The van der Waals surface area contributed by atoms with E-state index < -0.39 is 39.9 Å². The van der Waals surface area contributed by atoms with Gasteiger partial charge in [-0.05, 0) is 91.3 Å². The summed E-state index contributed by atoms with van der Waals surface area (Å²) in [5.41, 5.74) is 3.20. The number of ether oxygens (including phenoxy) is 1. The molecule has 3 aromatic rings. The van der Waals surface area contributed by atoms with E-state index >= 15 is 0 Å². The smallest absolute Gasteiger partial charge is 0.286 e. The van der Waals surface area contributed by atoms with E-state index in [1.165, 1.54) is 34.3 Å². The highest BCUT2D eigenvalue weighted by Gasteiger charge is 2.44. The molecule has 2 aliphatic carbocycles. The third-order valence-electron chi connectivity index (χ3n) is 10.7. The lowest BCUT2D eigenvalue weighted by Crippen LogP contribution is -2.49. The summed E-state index contributed by atoms with van der Waals surface area (Å²) in [5, 5.41) is 27.0. The van der Waals surface area contributed by atoms with Crippen LogP contribution in [0, 0.1) is 17.8 Å². The Morgan fingerprint density at radius 2 is 1.96 bits per heavy atom. The Bertz CT molecular complexity index is 1940. The number of anilines is 1. The second-order valence-electron chi connectivity index (χ2n) is 14.2. The Hall–Kier alpha value is -3.71. The number of amides is 2. The predicted octanol–water partition coefficient (Wildman–Crippen LogP) is 4.45. The molecule has 2 amide bonds. The van der Waals surface area contributed by atoms with Crippen LogP contribution >= 0.6 is 11.6 Å². The molecule has 7 atom stereocenters. The van der Waals surface area contributed by atoms with Gasteiger partial charge in [0.15, 0.2) is 0 Å². The van der Waals surface area contributed by atoms with E-state index in [0.717, 1.165) is 37.8 Å². The van der Waals surface area contributed by atoms with Gasteiger partial charge in [0, 0.05) is 42.3 Å². The van der Waals surface area contributed by atoms with Crippen molar-refractivity contribution in [2.75, 3.05) is 30.3 Å². The molecular formula is C36H42ClN5O6S. The number of aliphatic hydroxyl groups excluding tert-OH is 2. The summed E-state index contributed by atoms with van der Waals surface area (Å²) in [6, 6.07) is 11.2. The molecule has 2 bridgehead atoms. The van der Waals surface area contributed by atoms with Gasteiger partial charge in [-0.1, -0.05) is 36.7 Å². The van der Waals surface area contributed by atoms with Crippen LogP contribution in [0.25, 0.3) is 0 Å². The fraction of sp³-hybridized carbons (Fsp3) is 0.472. The Kier molecular flexibility index (Phi) is 9.10. The number of aromatic nitrogens is 2. The number of nitrogens with one attached hydrogen (secondary N) is 1. The summed E-state index contributed by atoms with van der Waals surface area (Å²) < 4.78 is 29.0. The molecule has 1 aromatic heterocycles. The van der Waals surface area contributed by atoms with Gasteiger partial charge in [0.25, 0.3) is 11.8 Å². The van der Waals surface area contributed by atoms with Gasteiger partial charge in [-0.15, -0.1) is 4.36 Å². The largest absolute Gasteiger partial charge is 0.490 e. The average Bonchev–Trinajstić information content (AvgIpc) is 3.43. The summed E-state index contributed by atoms with van der Waals surface area (Å²) >= 11 is 6.41. The van der Waals surface area contributed by atoms with Crippen LogP contribution in [-0.4, -0.2) is 73.7 Å². The fourth-order valence-corrected chi connectivity index (χ4v) is 9.94. The number of carbonyl (C=O) groups excluding carboxylic acids is 2. The summed E-state index contributed by atoms with van der Waals surface area (Å²) in [6.45, 7) is 3.37. The first kappa shape index (κ1) is 33.8. The van der Waals surface area contributed by atoms with Gasteiger partial charge in [-0.3, -0.25) is 19.0 Å². The first-order valence-electron chi connectivity index (χ1n) is 16.9. The van der Waals surface area contributed by atoms with Crippen LogP contribution in [0.2, 0.25) is 5.02 Å². The number of hydrogen-bond acceptors (Lipinski definition) is 8. The second-order valence-corrected chi connectivity index (χ2v) is 16.6. The molecule has 3 N–H and O–H groups in total. The van der Waals surface area contributed by atoms with Crippen molar-refractivity contribution < 1.29 is 28.7 Å². The zero-order chi connectivity index (χ0) is 34.5. The number of benzene rings is 2. The van der Waals surface area contributed by atoms with Crippen LogP contribution in [0.3, 0.4) is 0 Å². The first-order valence-corrected chi connectivity index (χ1v) is 18.9. The van der Waals surface area contributed by atoms with Gasteiger partial charge in [0.1, 0.15) is 15.7 Å². The lowest BCUT2D eigenvalue weighted by molar-refractivity contribution is 0.0446. The highest BCUT2D eigenvalue weighted by atomic mass is 35.5. The maximum atomic E-state index is 14.4. The molecule has 1 fully saturated rings. The lowest BCUT2D eigenvalue weighted by Gasteiger charge is -2.45. The van der Waals surface area contributed by atoms with E-state index in [9.17, 15) is 24.0 Å². The molecule has 7 rings (SSSR count). The van der Waals surface area contributed by atoms with Crippen molar-refractivity contribution in [1.82, 2.24) is 14.5 Å². The number of hydrogen-bond donors (Lipinski definition) is 3. The van der Waals surface area contributed by atoms with Crippen LogP contribution in [-0.2, 0) is 28.8 Å². The van der Waals surface area contributed by atoms with Crippen LogP contribution in [0.4, 0.5) is 5.69 Å². The molecule has 2 aromatic carbocycles. The molecule has 1 saturated carbocycles. The first-order chi connectivity index (χ1) is 23.4. The zero-order valence-corrected chi connectivity index (χ0v) is 29.2. The molecule has 3 heterocycles. The topological polar surface area (TPSA) is 146 Å². The minimum Gasteiger partial charge on any atom is -0.490 e. The summed E-state index contributed by atoms with van der Waals surface area (Å²) in [6.07, 6.45) is 8.67.